The lowest BCUT2D eigenvalue weighted by Crippen LogP contribution is -2.05. The van der Waals surface area contributed by atoms with Gasteiger partial charge in [-0.05, 0) is 43.0 Å². The Bertz CT molecular complexity index is 274. The Hall–Kier alpha value is -0.560. The minimum absolute atomic E-state index is 0.0289. The molecule has 0 N–H and O–H groups in total. The van der Waals surface area contributed by atoms with Gasteiger partial charge in [-0.2, -0.15) is 0 Å². The van der Waals surface area contributed by atoms with Crippen LogP contribution in [0.5, 0.6) is 0 Å². The van der Waals surface area contributed by atoms with Gasteiger partial charge in [-0.3, -0.25) is 0 Å². The van der Waals surface area contributed by atoms with Crippen LogP contribution in [0.4, 0.5) is 4.39 Å². The quantitative estimate of drug-likeness (QED) is 0.636. The van der Waals surface area contributed by atoms with E-state index in [9.17, 15) is 4.39 Å². The van der Waals surface area contributed by atoms with Crippen molar-refractivity contribution >= 4 is 11.6 Å². The summed E-state index contributed by atoms with van der Waals surface area (Å²) < 4.78 is 13.0. The van der Waals surface area contributed by atoms with Crippen molar-refractivity contribution in [2.75, 3.05) is 0 Å². The van der Waals surface area contributed by atoms with Crippen LogP contribution in [-0.4, -0.2) is 5.38 Å². The second-order valence-electron chi connectivity index (χ2n) is 3.53. The number of rotatable bonds is 2. The fourth-order valence-corrected chi connectivity index (χ4v) is 1.44. The molecule has 0 radical (unpaired) electrons. The average Bonchev–Trinajstić information content (AvgIpc) is 2.01. The van der Waals surface area contributed by atoms with Gasteiger partial charge in [0.25, 0.3) is 0 Å². The molecule has 2 atom stereocenters. The summed E-state index contributed by atoms with van der Waals surface area (Å²) in [7, 11) is 0. The van der Waals surface area contributed by atoms with Gasteiger partial charge in [0, 0.05) is 5.38 Å². The second kappa shape index (κ2) is 4.10. The van der Waals surface area contributed by atoms with Crippen molar-refractivity contribution in [2.24, 2.45) is 0 Å². The molecule has 0 amide bonds. The molecule has 0 aromatic heterocycles. The first-order valence-corrected chi connectivity index (χ1v) is 4.85. The normalized spacial score (nSPS) is 15.5. The first kappa shape index (κ1) is 10.5. The third-order valence-electron chi connectivity index (χ3n) is 2.28. The van der Waals surface area contributed by atoms with Crippen LogP contribution < -0.4 is 0 Å². The van der Waals surface area contributed by atoms with Crippen LogP contribution in [0.25, 0.3) is 0 Å². The highest BCUT2D eigenvalue weighted by atomic mass is 35.5. The maximum atomic E-state index is 13.0. The summed E-state index contributed by atoms with van der Waals surface area (Å²) in [6.07, 6.45) is 0. The average molecular weight is 201 g/mol. The molecule has 1 rings (SSSR count). The first-order valence-electron chi connectivity index (χ1n) is 4.42. The number of halogens is 2. The molecular formula is C11H14ClF. The maximum absolute atomic E-state index is 13.0. The number of benzene rings is 1. The van der Waals surface area contributed by atoms with E-state index in [1.54, 1.807) is 6.07 Å². The fourth-order valence-electron chi connectivity index (χ4n) is 1.29. The molecule has 0 aliphatic heterocycles. The van der Waals surface area contributed by atoms with Crippen molar-refractivity contribution < 1.29 is 4.39 Å². The number of alkyl halides is 1. The van der Waals surface area contributed by atoms with Crippen LogP contribution >= 0.6 is 11.6 Å². The van der Waals surface area contributed by atoms with Gasteiger partial charge in [-0.1, -0.05) is 13.0 Å². The largest absolute Gasteiger partial charge is 0.207 e. The zero-order valence-electron chi connectivity index (χ0n) is 8.14. The number of hydrogen-bond acceptors (Lipinski definition) is 0. The molecule has 0 saturated heterocycles. The predicted octanol–water partition coefficient (Wildman–Crippen LogP) is 3.86. The standard InChI is InChI=1S/C11H14ClF/c1-7-4-10(6-11(13)5-7)8(2)9(3)12/h4-6,8-9H,1-3H3. The predicted molar refractivity (Wildman–Crippen MR) is 54.9 cm³/mol. The van der Waals surface area contributed by atoms with Crippen molar-refractivity contribution in [2.45, 2.75) is 32.1 Å². The number of hydrogen-bond donors (Lipinski definition) is 0. The van der Waals surface area contributed by atoms with Crippen molar-refractivity contribution in [1.82, 2.24) is 0 Å². The van der Waals surface area contributed by atoms with Gasteiger partial charge in [-0.15, -0.1) is 11.6 Å². The molecular weight excluding hydrogens is 187 g/mol. The third-order valence-corrected chi connectivity index (χ3v) is 2.66. The van der Waals surface area contributed by atoms with Gasteiger partial charge in [0.05, 0.1) is 0 Å². The molecule has 0 bridgehead atoms. The van der Waals surface area contributed by atoms with Gasteiger partial charge in [-0.25, -0.2) is 4.39 Å². The summed E-state index contributed by atoms with van der Waals surface area (Å²) in [5.74, 6) is 0.00948. The van der Waals surface area contributed by atoms with Crippen LogP contribution in [-0.2, 0) is 0 Å². The summed E-state index contributed by atoms with van der Waals surface area (Å²) in [5.41, 5.74) is 1.92. The molecule has 2 unspecified atom stereocenters. The summed E-state index contributed by atoms with van der Waals surface area (Å²) in [4.78, 5) is 0. The lowest BCUT2D eigenvalue weighted by molar-refractivity contribution is 0.619. The minimum atomic E-state index is -0.181. The smallest absolute Gasteiger partial charge is 0.123 e. The van der Waals surface area contributed by atoms with Crippen LogP contribution in [0.3, 0.4) is 0 Å². The van der Waals surface area contributed by atoms with Crippen LogP contribution in [0.1, 0.15) is 30.9 Å². The fraction of sp³-hybridized carbons (Fsp3) is 0.455. The summed E-state index contributed by atoms with van der Waals surface area (Å²) in [5, 5.41) is 0.0289. The van der Waals surface area contributed by atoms with E-state index in [1.807, 2.05) is 26.8 Å². The molecule has 0 spiro atoms. The molecule has 1 aromatic rings. The topological polar surface area (TPSA) is 0 Å². The van der Waals surface area contributed by atoms with Crippen molar-refractivity contribution in [1.29, 1.82) is 0 Å². The van der Waals surface area contributed by atoms with Crippen molar-refractivity contribution in [3.63, 3.8) is 0 Å². The molecule has 0 aliphatic rings. The molecule has 2 heteroatoms. The van der Waals surface area contributed by atoms with Gasteiger partial charge < -0.3 is 0 Å². The zero-order valence-corrected chi connectivity index (χ0v) is 8.90. The third kappa shape index (κ3) is 2.70. The summed E-state index contributed by atoms with van der Waals surface area (Å²) in [6.45, 7) is 5.82. The van der Waals surface area contributed by atoms with Gasteiger partial charge in [0.15, 0.2) is 0 Å². The van der Waals surface area contributed by atoms with Gasteiger partial charge >= 0.3 is 0 Å². The molecule has 0 heterocycles. The van der Waals surface area contributed by atoms with Crippen LogP contribution in [0, 0.1) is 12.7 Å². The van der Waals surface area contributed by atoms with Gasteiger partial charge in [0.2, 0.25) is 0 Å². The highest BCUT2D eigenvalue weighted by Crippen LogP contribution is 2.24. The highest BCUT2D eigenvalue weighted by molar-refractivity contribution is 6.20. The molecule has 0 nitrogen and oxygen atoms in total. The van der Waals surface area contributed by atoms with E-state index in [0.717, 1.165) is 11.1 Å². The summed E-state index contributed by atoms with van der Waals surface area (Å²) >= 11 is 5.94. The molecule has 0 saturated carbocycles. The van der Waals surface area contributed by atoms with E-state index >= 15 is 0 Å². The Morgan fingerprint density at radius 1 is 1.23 bits per heavy atom. The lowest BCUT2D eigenvalue weighted by atomic mass is 9.97. The Morgan fingerprint density at radius 2 is 1.85 bits per heavy atom. The van der Waals surface area contributed by atoms with E-state index in [1.165, 1.54) is 6.07 Å². The van der Waals surface area contributed by atoms with E-state index in [0.29, 0.717) is 0 Å². The summed E-state index contributed by atoms with van der Waals surface area (Å²) in [6, 6.07) is 5.05. The Kier molecular flexibility index (Phi) is 3.32. The van der Waals surface area contributed by atoms with Gasteiger partial charge in [0.1, 0.15) is 5.82 Å². The second-order valence-corrected chi connectivity index (χ2v) is 4.22. The Balaban J connectivity index is 3.01. The van der Waals surface area contributed by atoms with E-state index in [-0.39, 0.29) is 17.1 Å². The van der Waals surface area contributed by atoms with Crippen molar-refractivity contribution in [3.05, 3.63) is 35.1 Å². The Morgan fingerprint density at radius 3 is 2.31 bits per heavy atom. The van der Waals surface area contributed by atoms with E-state index in [4.69, 9.17) is 11.6 Å². The van der Waals surface area contributed by atoms with Crippen molar-refractivity contribution in [3.8, 4) is 0 Å². The van der Waals surface area contributed by atoms with Crippen LogP contribution in [0.15, 0.2) is 18.2 Å². The Labute approximate surface area is 83.7 Å². The first-order chi connectivity index (χ1) is 6.00. The van der Waals surface area contributed by atoms with Crippen LogP contribution in [0.2, 0.25) is 0 Å². The lowest BCUT2D eigenvalue weighted by Gasteiger charge is -2.14. The SMILES string of the molecule is Cc1cc(F)cc(C(C)C(C)Cl)c1. The maximum Gasteiger partial charge on any atom is 0.123 e. The molecule has 13 heavy (non-hydrogen) atoms. The molecule has 0 fully saturated rings. The zero-order chi connectivity index (χ0) is 10.0. The minimum Gasteiger partial charge on any atom is -0.207 e. The van der Waals surface area contributed by atoms with E-state index < -0.39 is 0 Å². The monoisotopic (exact) mass is 200 g/mol. The van der Waals surface area contributed by atoms with E-state index in [2.05, 4.69) is 0 Å². The highest BCUT2D eigenvalue weighted by Gasteiger charge is 2.12. The molecule has 1 aromatic carbocycles. The molecule has 72 valence electrons. The number of aryl methyl sites for hydroxylation is 1. The molecule has 0 aliphatic carbocycles.